The number of hydrogen-bond donors (Lipinski definition) is 1. The van der Waals surface area contributed by atoms with Gasteiger partial charge in [-0.3, -0.25) is 4.79 Å². The maximum absolute atomic E-state index is 11.4. The molecule has 0 spiro atoms. The molecule has 1 fully saturated rings. The maximum Gasteiger partial charge on any atom is 0.240 e. The Kier molecular flexibility index (Phi) is 4.79. The minimum absolute atomic E-state index is 0.0377. The van der Waals surface area contributed by atoms with E-state index in [1.807, 2.05) is 13.8 Å². The van der Waals surface area contributed by atoms with Crippen LogP contribution in [0.1, 0.15) is 52.9 Å². The molecule has 0 aliphatic heterocycles. The van der Waals surface area contributed by atoms with E-state index in [4.69, 9.17) is 0 Å². The monoisotopic (exact) mass is 210 g/mol. The van der Waals surface area contributed by atoms with Crippen LogP contribution in [0.5, 0.6) is 0 Å². The van der Waals surface area contributed by atoms with Gasteiger partial charge in [0.25, 0.3) is 0 Å². The summed E-state index contributed by atoms with van der Waals surface area (Å²) in [7, 11) is 0. The Morgan fingerprint density at radius 2 is 2.33 bits per heavy atom. The van der Waals surface area contributed by atoms with E-state index in [9.17, 15) is 4.79 Å². The van der Waals surface area contributed by atoms with E-state index in [-0.39, 0.29) is 5.91 Å². The van der Waals surface area contributed by atoms with Gasteiger partial charge >= 0.3 is 0 Å². The zero-order chi connectivity index (χ0) is 11.3. The van der Waals surface area contributed by atoms with Crippen LogP contribution < -0.4 is 5.43 Å². The average Bonchev–Trinajstić information content (AvgIpc) is 2.14. The third kappa shape index (κ3) is 4.96. The van der Waals surface area contributed by atoms with Crippen LogP contribution in [0.15, 0.2) is 5.10 Å². The van der Waals surface area contributed by atoms with E-state index in [1.54, 1.807) is 0 Å². The fraction of sp³-hybridized carbons (Fsp3) is 0.833. The van der Waals surface area contributed by atoms with Crippen molar-refractivity contribution < 1.29 is 4.79 Å². The van der Waals surface area contributed by atoms with Crippen LogP contribution in [-0.4, -0.2) is 11.6 Å². The number of carbonyl (C=O) groups excluding carboxylic acids is 1. The summed E-state index contributed by atoms with van der Waals surface area (Å²) in [6, 6.07) is 0. The van der Waals surface area contributed by atoms with Gasteiger partial charge in [-0.05, 0) is 37.5 Å². The van der Waals surface area contributed by atoms with Gasteiger partial charge < -0.3 is 0 Å². The van der Waals surface area contributed by atoms with E-state index < -0.39 is 0 Å². The highest BCUT2D eigenvalue weighted by Gasteiger charge is 2.14. The van der Waals surface area contributed by atoms with Crippen molar-refractivity contribution in [2.45, 2.75) is 52.9 Å². The van der Waals surface area contributed by atoms with Crippen LogP contribution in [0.4, 0.5) is 0 Å². The van der Waals surface area contributed by atoms with Gasteiger partial charge in [0, 0.05) is 12.1 Å². The molecule has 1 aliphatic rings. The van der Waals surface area contributed by atoms with Crippen molar-refractivity contribution in [3.05, 3.63) is 0 Å². The van der Waals surface area contributed by atoms with Gasteiger partial charge in [0.2, 0.25) is 5.91 Å². The average molecular weight is 210 g/mol. The lowest BCUT2D eigenvalue weighted by Crippen LogP contribution is -2.23. The van der Waals surface area contributed by atoms with E-state index in [1.165, 1.54) is 12.8 Å². The Balaban J connectivity index is 2.33. The zero-order valence-corrected chi connectivity index (χ0v) is 10.0. The van der Waals surface area contributed by atoms with Gasteiger partial charge in [-0.2, -0.15) is 5.10 Å². The molecule has 1 rings (SSSR count). The smallest absolute Gasteiger partial charge is 0.240 e. The lowest BCUT2D eigenvalue weighted by molar-refractivity contribution is -0.121. The minimum Gasteiger partial charge on any atom is -0.273 e. The summed E-state index contributed by atoms with van der Waals surface area (Å²) in [6.45, 7) is 6.31. The number of hydrogen-bond acceptors (Lipinski definition) is 2. The molecule has 15 heavy (non-hydrogen) atoms. The number of carbonyl (C=O) groups is 1. The first-order chi connectivity index (χ1) is 7.08. The summed E-state index contributed by atoms with van der Waals surface area (Å²) in [6.07, 6.45) is 5.15. The second-order valence-corrected chi connectivity index (χ2v) is 5.01. The highest BCUT2D eigenvalue weighted by atomic mass is 16.2. The number of nitrogens with zero attached hydrogens (tertiary/aromatic N) is 1. The second kappa shape index (κ2) is 5.89. The molecule has 0 unspecified atom stereocenters. The predicted molar refractivity (Wildman–Crippen MR) is 62.7 cm³/mol. The van der Waals surface area contributed by atoms with Crippen molar-refractivity contribution in [1.82, 2.24) is 5.43 Å². The molecule has 86 valence electrons. The van der Waals surface area contributed by atoms with Gasteiger partial charge in [-0.15, -0.1) is 0 Å². The summed E-state index contributed by atoms with van der Waals surface area (Å²) in [5.74, 6) is 1.16. The van der Waals surface area contributed by atoms with Gasteiger partial charge in [0.05, 0.1) is 0 Å². The minimum atomic E-state index is 0.0377. The van der Waals surface area contributed by atoms with Gasteiger partial charge in [-0.25, -0.2) is 5.43 Å². The van der Waals surface area contributed by atoms with Crippen molar-refractivity contribution in [3.63, 3.8) is 0 Å². The van der Waals surface area contributed by atoms with Crippen molar-refractivity contribution in [1.29, 1.82) is 0 Å². The van der Waals surface area contributed by atoms with E-state index >= 15 is 0 Å². The first kappa shape index (κ1) is 12.2. The molecule has 3 heteroatoms. The SMILES string of the molecule is CC(C)CC(=O)NN=C1CCC[C@H](C)C1. The fourth-order valence-electron chi connectivity index (χ4n) is 1.92. The molecule has 0 radical (unpaired) electrons. The van der Waals surface area contributed by atoms with Crippen LogP contribution in [0.2, 0.25) is 0 Å². The molecule has 0 bridgehead atoms. The molecule has 1 aliphatic carbocycles. The third-order valence-corrected chi connectivity index (χ3v) is 2.68. The molecule has 1 saturated carbocycles. The first-order valence-corrected chi connectivity index (χ1v) is 5.92. The van der Waals surface area contributed by atoms with Crippen LogP contribution >= 0.6 is 0 Å². The van der Waals surface area contributed by atoms with Gasteiger partial charge in [0.1, 0.15) is 0 Å². The summed E-state index contributed by atoms with van der Waals surface area (Å²) >= 11 is 0. The van der Waals surface area contributed by atoms with Crippen LogP contribution in [0.25, 0.3) is 0 Å². The Bertz CT molecular complexity index is 246. The predicted octanol–water partition coefficient (Wildman–Crippen LogP) is 2.71. The molecule has 0 aromatic rings. The number of nitrogens with one attached hydrogen (secondary N) is 1. The fourth-order valence-corrected chi connectivity index (χ4v) is 1.92. The lowest BCUT2D eigenvalue weighted by Gasteiger charge is -2.19. The van der Waals surface area contributed by atoms with Crippen molar-refractivity contribution in [3.8, 4) is 0 Å². The quantitative estimate of drug-likeness (QED) is 0.715. The summed E-state index contributed by atoms with van der Waals surface area (Å²) < 4.78 is 0. The molecule has 1 atom stereocenters. The number of amides is 1. The van der Waals surface area contributed by atoms with Crippen LogP contribution in [0.3, 0.4) is 0 Å². The summed E-state index contributed by atoms with van der Waals surface area (Å²) in [5, 5.41) is 4.20. The van der Waals surface area contributed by atoms with Crippen molar-refractivity contribution >= 4 is 11.6 Å². The van der Waals surface area contributed by atoms with E-state index in [0.29, 0.717) is 12.3 Å². The zero-order valence-electron chi connectivity index (χ0n) is 10.0. The molecule has 1 amide bonds. The molecule has 1 N–H and O–H groups in total. The second-order valence-electron chi connectivity index (χ2n) is 5.01. The maximum atomic E-state index is 11.4. The van der Waals surface area contributed by atoms with Crippen molar-refractivity contribution in [2.24, 2.45) is 16.9 Å². The first-order valence-electron chi connectivity index (χ1n) is 5.92. The molecule has 0 aromatic heterocycles. The number of hydrazone groups is 1. The lowest BCUT2D eigenvalue weighted by atomic mass is 9.89. The Hall–Kier alpha value is -0.860. The van der Waals surface area contributed by atoms with Crippen LogP contribution in [0, 0.1) is 11.8 Å². The Morgan fingerprint density at radius 3 is 2.93 bits per heavy atom. The van der Waals surface area contributed by atoms with Gasteiger partial charge in [0.15, 0.2) is 0 Å². The van der Waals surface area contributed by atoms with Gasteiger partial charge in [-0.1, -0.05) is 20.8 Å². The molecule has 3 nitrogen and oxygen atoms in total. The summed E-state index contributed by atoms with van der Waals surface area (Å²) in [4.78, 5) is 11.4. The van der Waals surface area contributed by atoms with E-state index in [2.05, 4.69) is 17.5 Å². The largest absolute Gasteiger partial charge is 0.273 e. The Morgan fingerprint density at radius 1 is 1.60 bits per heavy atom. The highest BCUT2D eigenvalue weighted by molar-refractivity contribution is 5.87. The van der Waals surface area contributed by atoms with Crippen molar-refractivity contribution in [2.75, 3.05) is 0 Å². The molecular formula is C12H22N2O. The number of rotatable bonds is 3. The standard InChI is InChI=1S/C12H22N2O/c1-9(2)7-12(15)14-13-11-6-4-5-10(3)8-11/h9-10H,4-8H2,1-3H3,(H,14,15)/t10-/m0/s1. The third-order valence-electron chi connectivity index (χ3n) is 2.68. The Labute approximate surface area is 92.3 Å². The summed E-state index contributed by atoms with van der Waals surface area (Å²) in [5.41, 5.74) is 3.81. The molecule has 0 heterocycles. The molecule has 0 aromatic carbocycles. The van der Waals surface area contributed by atoms with Crippen LogP contribution in [-0.2, 0) is 4.79 Å². The normalized spacial score (nSPS) is 24.5. The van der Waals surface area contributed by atoms with E-state index in [0.717, 1.165) is 24.5 Å². The highest BCUT2D eigenvalue weighted by Crippen LogP contribution is 2.20. The molecule has 0 saturated heterocycles. The topological polar surface area (TPSA) is 41.5 Å². The molecular weight excluding hydrogens is 188 g/mol.